The second kappa shape index (κ2) is 6.40. The molecule has 19 heavy (non-hydrogen) atoms. The van der Waals surface area contributed by atoms with Gasteiger partial charge >= 0.3 is 12.0 Å². The summed E-state index contributed by atoms with van der Waals surface area (Å²) in [5.41, 5.74) is -1.12. The highest BCUT2D eigenvalue weighted by Gasteiger charge is 2.35. The van der Waals surface area contributed by atoms with Crippen LogP contribution in [-0.4, -0.2) is 36.4 Å². The summed E-state index contributed by atoms with van der Waals surface area (Å²) in [6.45, 7) is 1.20. The Hall–Kier alpha value is -1.79. The van der Waals surface area contributed by atoms with Crippen LogP contribution < -0.4 is 10.6 Å². The van der Waals surface area contributed by atoms with Gasteiger partial charge in [0.2, 0.25) is 0 Å². The summed E-state index contributed by atoms with van der Waals surface area (Å²) in [6.07, 6.45) is 0. The summed E-state index contributed by atoms with van der Waals surface area (Å²) < 4.78 is 4.79. The Morgan fingerprint density at radius 3 is 2.58 bits per heavy atom. The summed E-state index contributed by atoms with van der Waals surface area (Å²) in [5, 5.41) is 14.3. The first kappa shape index (κ1) is 15.3. The summed E-state index contributed by atoms with van der Waals surface area (Å²) in [6, 6.07) is 5.97. The monoisotopic (exact) mass is 286 g/mol. The number of para-hydroxylation sites is 1. The van der Waals surface area contributed by atoms with Crippen molar-refractivity contribution in [3.8, 4) is 0 Å². The number of amides is 2. The molecular weight excluding hydrogens is 272 g/mol. The third-order valence-electron chi connectivity index (χ3n) is 2.42. The number of rotatable bonds is 5. The van der Waals surface area contributed by atoms with E-state index in [1.807, 2.05) is 0 Å². The van der Waals surface area contributed by atoms with E-state index in [0.717, 1.165) is 0 Å². The predicted molar refractivity (Wildman–Crippen MR) is 71.5 cm³/mol. The Morgan fingerprint density at radius 1 is 1.42 bits per heavy atom. The van der Waals surface area contributed by atoms with E-state index in [1.165, 1.54) is 14.0 Å². The minimum Gasteiger partial charge on any atom is -0.479 e. The van der Waals surface area contributed by atoms with Crippen LogP contribution in [0.3, 0.4) is 0 Å². The summed E-state index contributed by atoms with van der Waals surface area (Å²) in [5.74, 6) is -1.19. The zero-order valence-electron chi connectivity index (χ0n) is 10.6. The van der Waals surface area contributed by atoms with Crippen LogP contribution in [0.4, 0.5) is 10.5 Å². The number of anilines is 1. The summed E-state index contributed by atoms with van der Waals surface area (Å²) >= 11 is 5.88. The van der Waals surface area contributed by atoms with E-state index >= 15 is 0 Å². The van der Waals surface area contributed by atoms with Gasteiger partial charge in [0.05, 0.1) is 17.3 Å². The maximum absolute atomic E-state index is 11.8. The molecule has 0 fully saturated rings. The lowest BCUT2D eigenvalue weighted by Crippen LogP contribution is -2.56. The maximum atomic E-state index is 11.8. The molecule has 0 spiro atoms. The zero-order chi connectivity index (χ0) is 14.5. The number of nitrogens with one attached hydrogen (secondary N) is 2. The molecule has 1 aromatic rings. The van der Waals surface area contributed by atoms with E-state index in [0.29, 0.717) is 10.7 Å². The molecule has 6 nitrogen and oxygen atoms in total. The Labute approximate surface area is 115 Å². The molecule has 0 saturated carbocycles. The van der Waals surface area contributed by atoms with Gasteiger partial charge in [-0.1, -0.05) is 23.7 Å². The van der Waals surface area contributed by atoms with Crippen LogP contribution in [0.1, 0.15) is 6.92 Å². The highest BCUT2D eigenvalue weighted by Crippen LogP contribution is 2.20. The fourth-order valence-electron chi connectivity index (χ4n) is 1.41. The molecule has 0 aliphatic rings. The molecule has 1 atom stereocenters. The standard InChI is InChI=1S/C12H15ClN2O4/c1-12(7-19-2,10(16)17)15-11(18)14-9-6-4-3-5-8(9)13/h3-6H,7H2,1-2H3,(H,16,17)(H2,14,15,18)/t12-/m1/s1. The van der Waals surface area contributed by atoms with Gasteiger partial charge in [-0.05, 0) is 19.1 Å². The van der Waals surface area contributed by atoms with Crippen LogP contribution in [-0.2, 0) is 9.53 Å². The number of carbonyl (C=O) groups excluding carboxylic acids is 1. The molecule has 104 valence electrons. The third kappa shape index (κ3) is 4.11. The molecule has 0 heterocycles. The maximum Gasteiger partial charge on any atom is 0.331 e. The number of benzene rings is 1. The lowest BCUT2D eigenvalue weighted by atomic mass is 10.1. The fourth-order valence-corrected chi connectivity index (χ4v) is 1.59. The number of ether oxygens (including phenoxy) is 1. The molecule has 0 aliphatic carbocycles. The number of hydrogen-bond acceptors (Lipinski definition) is 3. The minimum atomic E-state index is -1.51. The van der Waals surface area contributed by atoms with Crippen molar-refractivity contribution in [2.75, 3.05) is 19.0 Å². The van der Waals surface area contributed by atoms with Crippen molar-refractivity contribution in [1.82, 2.24) is 5.32 Å². The molecule has 0 aliphatic heterocycles. The summed E-state index contributed by atoms with van der Waals surface area (Å²) in [4.78, 5) is 22.9. The molecule has 0 saturated heterocycles. The number of methoxy groups -OCH3 is 1. The quantitative estimate of drug-likeness (QED) is 0.772. The first-order valence-corrected chi connectivity index (χ1v) is 5.83. The van der Waals surface area contributed by atoms with Crippen molar-refractivity contribution in [3.05, 3.63) is 29.3 Å². The number of halogens is 1. The predicted octanol–water partition coefficient (Wildman–Crippen LogP) is 1.95. The lowest BCUT2D eigenvalue weighted by Gasteiger charge is -2.25. The second-order valence-corrected chi connectivity index (χ2v) is 4.54. The van der Waals surface area contributed by atoms with Crippen LogP contribution >= 0.6 is 11.6 Å². The number of carboxylic acids is 1. The molecule has 7 heteroatoms. The van der Waals surface area contributed by atoms with Gasteiger partial charge in [-0.25, -0.2) is 9.59 Å². The van der Waals surface area contributed by atoms with Crippen LogP contribution in [0, 0.1) is 0 Å². The van der Waals surface area contributed by atoms with Gasteiger partial charge in [0.15, 0.2) is 5.54 Å². The van der Waals surface area contributed by atoms with E-state index in [9.17, 15) is 9.59 Å². The van der Waals surface area contributed by atoms with Crippen molar-refractivity contribution in [1.29, 1.82) is 0 Å². The number of carboxylic acid groups (broad SMARTS) is 1. The number of aliphatic carboxylic acids is 1. The molecule has 0 bridgehead atoms. The largest absolute Gasteiger partial charge is 0.479 e. The fraction of sp³-hybridized carbons (Fsp3) is 0.333. The molecule has 0 radical (unpaired) electrons. The topological polar surface area (TPSA) is 87.7 Å². The molecule has 0 unspecified atom stereocenters. The Bertz CT molecular complexity index is 481. The third-order valence-corrected chi connectivity index (χ3v) is 2.75. The minimum absolute atomic E-state index is 0.154. The number of hydrogen-bond donors (Lipinski definition) is 3. The first-order valence-electron chi connectivity index (χ1n) is 5.45. The van der Waals surface area contributed by atoms with Crippen LogP contribution in [0.25, 0.3) is 0 Å². The molecule has 1 aromatic carbocycles. The molecule has 0 aromatic heterocycles. The lowest BCUT2D eigenvalue weighted by molar-refractivity contribution is -0.145. The molecule has 1 rings (SSSR count). The molecular formula is C12H15ClN2O4. The highest BCUT2D eigenvalue weighted by molar-refractivity contribution is 6.33. The average Bonchev–Trinajstić information content (AvgIpc) is 2.32. The Morgan fingerprint density at radius 2 is 2.05 bits per heavy atom. The second-order valence-electron chi connectivity index (χ2n) is 4.13. The molecule has 3 N–H and O–H groups in total. The Kier molecular flexibility index (Phi) is 5.14. The zero-order valence-corrected chi connectivity index (χ0v) is 11.3. The van der Waals surface area contributed by atoms with Crippen LogP contribution in [0.5, 0.6) is 0 Å². The van der Waals surface area contributed by atoms with Crippen molar-refractivity contribution in [2.24, 2.45) is 0 Å². The van der Waals surface area contributed by atoms with E-state index in [1.54, 1.807) is 24.3 Å². The smallest absolute Gasteiger partial charge is 0.331 e. The SMILES string of the molecule is COC[C@@](C)(NC(=O)Nc1ccccc1Cl)C(=O)O. The van der Waals surface area contributed by atoms with Gasteiger partial charge in [-0.15, -0.1) is 0 Å². The van der Waals surface area contributed by atoms with Crippen molar-refractivity contribution < 1.29 is 19.4 Å². The van der Waals surface area contributed by atoms with Gasteiger partial charge in [-0.3, -0.25) is 0 Å². The van der Waals surface area contributed by atoms with E-state index in [-0.39, 0.29) is 6.61 Å². The van der Waals surface area contributed by atoms with Gasteiger partial charge in [0, 0.05) is 7.11 Å². The van der Waals surface area contributed by atoms with Crippen molar-refractivity contribution >= 4 is 29.3 Å². The highest BCUT2D eigenvalue weighted by atomic mass is 35.5. The first-order chi connectivity index (χ1) is 8.89. The van der Waals surface area contributed by atoms with Crippen molar-refractivity contribution in [2.45, 2.75) is 12.5 Å². The van der Waals surface area contributed by atoms with Crippen LogP contribution in [0.15, 0.2) is 24.3 Å². The van der Waals surface area contributed by atoms with Gasteiger partial charge in [0.25, 0.3) is 0 Å². The van der Waals surface area contributed by atoms with Gasteiger partial charge in [0.1, 0.15) is 0 Å². The Balaban J connectivity index is 2.74. The van der Waals surface area contributed by atoms with Crippen LogP contribution in [0.2, 0.25) is 5.02 Å². The van der Waals surface area contributed by atoms with E-state index in [4.69, 9.17) is 21.4 Å². The van der Waals surface area contributed by atoms with Gasteiger partial charge < -0.3 is 20.5 Å². The molecule has 2 amide bonds. The summed E-state index contributed by atoms with van der Waals surface area (Å²) in [7, 11) is 1.36. The normalized spacial score (nSPS) is 13.4. The van der Waals surface area contributed by atoms with Crippen molar-refractivity contribution in [3.63, 3.8) is 0 Å². The number of carbonyl (C=O) groups is 2. The van der Waals surface area contributed by atoms with Gasteiger partial charge in [-0.2, -0.15) is 0 Å². The number of urea groups is 1. The van der Waals surface area contributed by atoms with E-state index < -0.39 is 17.5 Å². The average molecular weight is 287 g/mol. The van der Waals surface area contributed by atoms with E-state index in [2.05, 4.69) is 10.6 Å².